The zero-order valence-corrected chi connectivity index (χ0v) is 8.84. The Morgan fingerprint density at radius 2 is 1.75 bits per heavy atom. The number of aliphatic imine (C=N–C) groups is 1. The molecule has 0 aliphatic carbocycles. The van der Waals surface area contributed by atoms with Gasteiger partial charge in [0.2, 0.25) is 6.08 Å². The second kappa shape index (κ2) is 2.97. The monoisotopic (exact) mass is 279 g/mol. The summed E-state index contributed by atoms with van der Waals surface area (Å²) < 4.78 is 61.6. The first-order valence-electron chi connectivity index (χ1n) is 3.55. The zero-order chi connectivity index (χ0) is 12.7. The number of benzene rings is 1. The van der Waals surface area contributed by atoms with E-state index in [1.54, 1.807) is 0 Å². The van der Waals surface area contributed by atoms with Crippen LogP contribution in [-0.2, 0) is 4.79 Å². The summed E-state index contributed by atoms with van der Waals surface area (Å²) in [5.41, 5.74) is -0.706. The molecule has 0 aliphatic heterocycles. The van der Waals surface area contributed by atoms with E-state index >= 15 is 0 Å². The van der Waals surface area contributed by atoms with E-state index in [-0.39, 0.29) is 17.2 Å². The summed E-state index contributed by atoms with van der Waals surface area (Å²) in [5, 5.41) is -0.353. The lowest BCUT2D eigenvalue weighted by atomic mass is 10.3. The number of hydrogen-bond acceptors (Lipinski definition) is 2. The number of hydrogen-bond donors (Lipinski definition) is 0. The van der Waals surface area contributed by atoms with E-state index in [0.717, 1.165) is 6.08 Å². The van der Waals surface area contributed by atoms with Crippen molar-refractivity contribution in [2.45, 2.75) is 4.90 Å². The van der Waals surface area contributed by atoms with Crippen molar-refractivity contribution in [2.75, 3.05) is 0 Å². The predicted molar refractivity (Wildman–Crippen MR) is 50.6 cm³/mol. The average Bonchev–Trinajstić information content (AvgIpc) is 2.04. The molecule has 0 saturated heterocycles. The van der Waals surface area contributed by atoms with Crippen LogP contribution in [0.1, 0.15) is 0 Å². The van der Waals surface area contributed by atoms with Crippen molar-refractivity contribution < 1.29 is 24.2 Å². The van der Waals surface area contributed by atoms with Gasteiger partial charge in [0.15, 0.2) is 0 Å². The maximum Gasteiger partial charge on any atom is 0.310 e. The van der Waals surface area contributed by atoms with Crippen LogP contribution in [0.4, 0.5) is 25.1 Å². The Kier molecular flexibility index (Phi) is 2.40. The van der Waals surface area contributed by atoms with Crippen molar-refractivity contribution in [3.8, 4) is 0 Å². The quantitative estimate of drug-likeness (QED) is 0.427. The highest BCUT2D eigenvalue weighted by molar-refractivity contribution is 8.45. The molecule has 0 saturated carbocycles. The molecule has 9 heteroatoms. The van der Waals surface area contributed by atoms with E-state index in [2.05, 4.69) is 4.99 Å². The number of halogens is 6. The first-order chi connectivity index (χ1) is 6.94. The summed E-state index contributed by atoms with van der Waals surface area (Å²) >= 11 is 5.34. The normalized spacial score (nSPS) is 15.9. The van der Waals surface area contributed by atoms with Gasteiger partial charge >= 0.3 is 10.2 Å². The molecule has 0 atom stereocenters. The minimum atomic E-state index is -9.77. The van der Waals surface area contributed by atoms with E-state index in [9.17, 15) is 24.2 Å². The minimum absolute atomic E-state index is 0.00872. The van der Waals surface area contributed by atoms with Crippen LogP contribution in [-0.4, -0.2) is 6.08 Å². The van der Waals surface area contributed by atoms with Gasteiger partial charge in [0.05, 0.1) is 10.7 Å². The molecular formula is C7H3ClF5NOS. The van der Waals surface area contributed by atoms with Gasteiger partial charge in [-0.2, -0.15) is 4.99 Å². The molecule has 1 aromatic rings. The van der Waals surface area contributed by atoms with Crippen LogP contribution < -0.4 is 0 Å². The third kappa shape index (κ3) is 2.94. The van der Waals surface area contributed by atoms with Crippen LogP contribution in [0.5, 0.6) is 0 Å². The van der Waals surface area contributed by atoms with E-state index in [1.807, 2.05) is 0 Å². The maximum absolute atomic E-state index is 12.3. The predicted octanol–water partition coefficient (Wildman–Crippen LogP) is 4.96. The Labute approximate surface area is 91.5 Å². The number of rotatable bonds is 2. The largest absolute Gasteiger partial charge is 0.310 e. The van der Waals surface area contributed by atoms with Crippen LogP contribution in [0.25, 0.3) is 0 Å². The van der Waals surface area contributed by atoms with Crippen molar-refractivity contribution in [3.63, 3.8) is 0 Å². The smallest absolute Gasteiger partial charge is 0.211 e. The Morgan fingerprint density at radius 3 is 2.19 bits per heavy atom. The van der Waals surface area contributed by atoms with E-state index < -0.39 is 20.8 Å². The third-order valence-corrected chi connectivity index (χ3v) is 2.99. The Hall–Kier alpha value is -1.11. The van der Waals surface area contributed by atoms with Crippen LogP contribution >= 0.6 is 21.8 Å². The molecule has 1 rings (SSSR count). The number of carbonyl (C=O) groups excluding carboxylic acids is 1. The molecule has 1 aromatic carbocycles. The van der Waals surface area contributed by atoms with Gasteiger partial charge in [-0.05, 0) is 18.2 Å². The first kappa shape index (κ1) is 13.0. The fourth-order valence-corrected chi connectivity index (χ4v) is 1.69. The maximum atomic E-state index is 12.3. The fraction of sp³-hybridized carbons (Fsp3) is 0. The Morgan fingerprint density at radius 1 is 1.19 bits per heavy atom. The van der Waals surface area contributed by atoms with E-state index in [1.165, 1.54) is 0 Å². The topological polar surface area (TPSA) is 29.4 Å². The van der Waals surface area contributed by atoms with Crippen molar-refractivity contribution in [1.29, 1.82) is 0 Å². The lowest BCUT2D eigenvalue weighted by Crippen LogP contribution is -2.05. The zero-order valence-electron chi connectivity index (χ0n) is 7.26. The van der Waals surface area contributed by atoms with Crippen molar-refractivity contribution in [2.24, 2.45) is 4.99 Å². The highest BCUT2D eigenvalue weighted by Crippen LogP contribution is 3.02. The van der Waals surface area contributed by atoms with Crippen LogP contribution in [0, 0.1) is 0 Å². The Balaban J connectivity index is 3.53. The molecular weight excluding hydrogens is 277 g/mol. The highest BCUT2D eigenvalue weighted by atomic mass is 35.5. The number of nitrogens with zero attached hydrogens (tertiary/aromatic N) is 1. The molecule has 2 nitrogen and oxygen atoms in total. The van der Waals surface area contributed by atoms with Crippen LogP contribution in [0.3, 0.4) is 0 Å². The van der Waals surface area contributed by atoms with Gasteiger partial charge < -0.3 is 0 Å². The molecule has 0 N–H and O–H groups in total. The van der Waals surface area contributed by atoms with E-state index in [0.29, 0.717) is 6.07 Å². The molecule has 0 spiro atoms. The fourth-order valence-electron chi connectivity index (χ4n) is 0.867. The summed E-state index contributed by atoms with van der Waals surface area (Å²) in [6.45, 7) is 0. The molecule has 0 aromatic heterocycles. The van der Waals surface area contributed by atoms with E-state index in [4.69, 9.17) is 11.6 Å². The van der Waals surface area contributed by atoms with Gasteiger partial charge in [0.1, 0.15) is 4.90 Å². The summed E-state index contributed by atoms with van der Waals surface area (Å²) in [5.74, 6) is 0. The summed E-state index contributed by atoms with van der Waals surface area (Å²) in [6, 6.07) is 0.730. The summed E-state index contributed by atoms with van der Waals surface area (Å²) in [7, 11) is -9.77. The van der Waals surface area contributed by atoms with Gasteiger partial charge in [-0.1, -0.05) is 31.0 Å². The molecule has 0 heterocycles. The van der Waals surface area contributed by atoms with Gasteiger partial charge in [0, 0.05) is 0 Å². The second-order valence-corrected chi connectivity index (χ2v) is 5.60. The van der Waals surface area contributed by atoms with Crippen molar-refractivity contribution in [1.82, 2.24) is 0 Å². The summed E-state index contributed by atoms with van der Waals surface area (Å²) in [4.78, 5) is 10.5. The molecule has 0 unspecified atom stereocenters. The SMILES string of the molecule is O=C=Nc1cc(S(F)(F)(F)(F)F)ccc1Cl. The average molecular weight is 280 g/mol. The highest BCUT2D eigenvalue weighted by Gasteiger charge is 2.65. The second-order valence-electron chi connectivity index (χ2n) is 2.79. The van der Waals surface area contributed by atoms with Crippen LogP contribution in [0.2, 0.25) is 5.02 Å². The molecule has 0 aliphatic rings. The molecule has 16 heavy (non-hydrogen) atoms. The number of isocyanates is 1. The third-order valence-electron chi connectivity index (χ3n) is 1.53. The van der Waals surface area contributed by atoms with Gasteiger partial charge in [0.25, 0.3) is 0 Å². The molecule has 0 radical (unpaired) electrons. The van der Waals surface area contributed by atoms with Gasteiger partial charge in [-0.25, -0.2) is 4.79 Å². The molecule has 0 bridgehead atoms. The summed E-state index contributed by atoms with van der Waals surface area (Å²) in [6.07, 6.45) is 0.920. The first-order valence-corrected chi connectivity index (χ1v) is 5.88. The standard InChI is InChI=1S/C7H3ClF5NOS/c8-6-2-1-5(3-7(6)14-4-15)16(9,10,11,12)13/h1-3H. The molecule has 0 amide bonds. The van der Waals surface area contributed by atoms with Gasteiger partial charge in [-0.15, -0.1) is 0 Å². The Bertz CT molecular complexity index is 493. The molecule has 90 valence electrons. The van der Waals surface area contributed by atoms with Gasteiger partial charge in [-0.3, -0.25) is 0 Å². The van der Waals surface area contributed by atoms with Crippen LogP contribution in [0.15, 0.2) is 28.1 Å². The lowest BCUT2D eigenvalue weighted by molar-refractivity contribution is 0.364. The van der Waals surface area contributed by atoms with Crippen molar-refractivity contribution >= 4 is 33.6 Å². The lowest BCUT2D eigenvalue weighted by Gasteiger charge is -2.40. The van der Waals surface area contributed by atoms with Crippen molar-refractivity contribution in [3.05, 3.63) is 23.2 Å². The molecule has 0 fully saturated rings. The minimum Gasteiger partial charge on any atom is -0.211 e.